The highest BCUT2D eigenvalue weighted by Crippen LogP contribution is 2.37. The van der Waals surface area contributed by atoms with Gasteiger partial charge in [-0.25, -0.2) is 0 Å². The minimum absolute atomic E-state index is 0.143. The van der Waals surface area contributed by atoms with Crippen molar-refractivity contribution in [2.45, 2.75) is 30.8 Å². The highest BCUT2D eigenvalue weighted by molar-refractivity contribution is 5.94. The van der Waals surface area contributed by atoms with Crippen molar-refractivity contribution in [2.24, 2.45) is 0 Å². The van der Waals surface area contributed by atoms with E-state index in [1.807, 2.05) is 42.5 Å². The number of nitrogens with one attached hydrogen (secondary N) is 1. The Bertz CT molecular complexity index is 747. The van der Waals surface area contributed by atoms with Gasteiger partial charge in [-0.05, 0) is 49.2 Å². The van der Waals surface area contributed by atoms with Crippen molar-refractivity contribution in [1.29, 1.82) is 0 Å². The molecule has 2 fully saturated rings. The van der Waals surface area contributed by atoms with Gasteiger partial charge in [0.1, 0.15) is 5.75 Å². The normalized spacial score (nSPS) is 25.5. The maximum absolute atomic E-state index is 13.1. The average Bonchev–Trinajstić information content (AvgIpc) is 3.08. The van der Waals surface area contributed by atoms with Gasteiger partial charge in [0.25, 0.3) is 5.91 Å². The van der Waals surface area contributed by atoms with Gasteiger partial charge in [0.15, 0.2) is 0 Å². The molecule has 25 heavy (non-hydrogen) atoms. The van der Waals surface area contributed by atoms with Gasteiger partial charge in [-0.2, -0.15) is 0 Å². The zero-order valence-electron chi connectivity index (χ0n) is 14.5. The molecule has 1 N–H and O–H groups in total. The number of hydrogen-bond donors (Lipinski definition) is 1. The molecule has 0 unspecified atom stereocenters. The number of likely N-dealkylation sites (tertiary alicyclic amines) is 1. The lowest BCUT2D eigenvalue weighted by Gasteiger charge is -2.33. The maximum Gasteiger partial charge on any atom is 0.254 e. The summed E-state index contributed by atoms with van der Waals surface area (Å²) in [5.74, 6) is 1.32. The summed E-state index contributed by atoms with van der Waals surface area (Å²) in [5.41, 5.74) is 2.02. The van der Waals surface area contributed by atoms with Gasteiger partial charge in [0.05, 0.1) is 7.11 Å². The number of ether oxygens (including phenoxy) is 1. The van der Waals surface area contributed by atoms with E-state index in [4.69, 9.17) is 4.74 Å². The summed E-state index contributed by atoms with van der Waals surface area (Å²) >= 11 is 0. The molecular formula is C21H24N2O2. The van der Waals surface area contributed by atoms with E-state index in [-0.39, 0.29) is 11.9 Å². The SMILES string of the molecule is COc1cccc([C@H]2CN(C(=O)c3ccccc3)[C@@H]3CCCN[C@H]23)c1. The van der Waals surface area contributed by atoms with Crippen LogP contribution in [0.2, 0.25) is 0 Å². The largest absolute Gasteiger partial charge is 0.497 e. The molecule has 130 valence electrons. The monoisotopic (exact) mass is 336 g/mol. The number of hydrogen-bond acceptors (Lipinski definition) is 3. The van der Waals surface area contributed by atoms with Crippen LogP contribution in [0.25, 0.3) is 0 Å². The molecule has 0 aliphatic carbocycles. The number of piperidine rings is 1. The summed E-state index contributed by atoms with van der Waals surface area (Å²) in [6.07, 6.45) is 2.18. The number of nitrogens with zero attached hydrogens (tertiary/aromatic N) is 1. The van der Waals surface area contributed by atoms with Crippen molar-refractivity contribution in [3.05, 3.63) is 65.7 Å². The van der Waals surface area contributed by atoms with E-state index in [2.05, 4.69) is 22.3 Å². The van der Waals surface area contributed by atoms with Crippen LogP contribution in [0, 0.1) is 0 Å². The number of amides is 1. The van der Waals surface area contributed by atoms with E-state index in [0.29, 0.717) is 12.0 Å². The molecule has 2 aliphatic heterocycles. The molecule has 0 spiro atoms. The maximum atomic E-state index is 13.1. The number of carbonyl (C=O) groups excluding carboxylic acids is 1. The first kappa shape index (κ1) is 16.2. The Balaban J connectivity index is 1.64. The Kier molecular flexibility index (Phi) is 4.45. The average molecular weight is 336 g/mol. The third kappa shape index (κ3) is 3.02. The van der Waals surface area contributed by atoms with Gasteiger partial charge < -0.3 is 15.0 Å². The Labute approximate surface area is 148 Å². The van der Waals surface area contributed by atoms with Gasteiger partial charge in [0.2, 0.25) is 0 Å². The van der Waals surface area contributed by atoms with Crippen molar-refractivity contribution in [2.75, 3.05) is 20.2 Å². The van der Waals surface area contributed by atoms with Crippen LogP contribution in [0.4, 0.5) is 0 Å². The molecule has 2 heterocycles. The minimum Gasteiger partial charge on any atom is -0.497 e. The van der Waals surface area contributed by atoms with Crippen LogP contribution in [-0.2, 0) is 0 Å². The highest BCUT2D eigenvalue weighted by Gasteiger charge is 2.45. The molecule has 0 radical (unpaired) electrons. The summed E-state index contributed by atoms with van der Waals surface area (Å²) in [6.45, 7) is 1.78. The molecule has 4 rings (SSSR count). The third-order valence-electron chi connectivity index (χ3n) is 5.50. The van der Waals surface area contributed by atoms with Crippen molar-refractivity contribution in [1.82, 2.24) is 10.2 Å². The van der Waals surface area contributed by atoms with Crippen LogP contribution in [0.15, 0.2) is 54.6 Å². The first-order chi connectivity index (χ1) is 12.3. The Hall–Kier alpha value is -2.33. The van der Waals surface area contributed by atoms with E-state index in [1.165, 1.54) is 5.56 Å². The molecule has 0 saturated carbocycles. The van der Waals surface area contributed by atoms with Crippen molar-refractivity contribution < 1.29 is 9.53 Å². The fourth-order valence-corrected chi connectivity index (χ4v) is 4.28. The number of fused-ring (bicyclic) bond motifs is 1. The Morgan fingerprint density at radius 2 is 2.00 bits per heavy atom. The van der Waals surface area contributed by atoms with Crippen LogP contribution >= 0.6 is 0 Å². The van der Waals surface area contributed by atoms with Crippen LogP contribution in [-0.4, -0.2) is 43.1 Å². The first-order valence-corrected chi connectivity index (χ1v) is 9.01. The summed E-state index contributed by atoms with van der Waals surface area (Å²) < 4.78 is 5.39. The van der Waals surface area contributed by atoms with Gasteiger partial charge >= 0.3 is 0 Å². The fraction of sp³-hybridized carbons (Fsp3) is 0.381. The molecular weight excluding hydrogens is 312 g/mol. The van der Waals surface area contributed by atoms with E-state index >= 15 is 0 Å². The van der Waals surface area contributed by atoms with Crippen LogP contribution < -0.4 is 10.1 Å². The van der Waals surface area contributed by atoms with Crippen molar-refractivity contribution in [3.63, 3.8) is 0 Å². The van der Waals surface area contributed by atoms with E-state index in [9.17, 15) is 4.79 Å². The topological polar surface area (TPSA) is 41.6 Å². The van der Waals surface area contributed by atoms with Gasteiger partial charge in [-0.15, -0.1) is 0 Å². The summed E-state index contributed by atoms with van der Waals surface area (Å²) in [6, 6.07) is 18.5. The predicted molar refractivity (Wildman–Crippen MR) is 98.0 cm³/mol. The van der Waals surface area contributed by atoms with Crippen LogP contribution in [0.3, 0.4) is 0 Å². The number of carbonyl (C=O) groups is 1. The fourth-order valence-electron chi connectivity index (χ4n) is 4.28. The molecule has 0 bridgehead atoms. The molecule has 2 aromatic rings. The molecule has 3 atom stereocenters. The number of rotatable bonds is 3. The Morgan fingerprint density at radius 1 is 1.16 bits per heavy atom. The van der Waals surface area contributed by atoms with E-state index in [1.54, 1.807) is 7.11 Å². The summed E-state index contributed by atoms with van der Waals surface area (Å²) in [4.78, 5) is 15.2. The van der Waals surface area contributed by atoms with E-state index in [0.717, 1.165) is 37.2 Å². The number of methoxy groups -OCH3 is 1. The minimum atomic E-state index is 0.143. The molecule has 4 heteroatoms. The zero-order valence-corrected chi connectivity index (χ0v) is 14.5. The highest BCUT2D eigenvalue weighted by atomic mass is 16.5. The number of benzene rings is 2. The molecule has 2 saturated heterocycles. The molecule has 2 aromatic carbocycles. The molecule has 2 aliphatic rings. The first-order valence-electron chi connectivity index (χ1n) is 9.01. The van der Waals surface area contributed by atoms with Gasteiger partial charge in [-0.1, -0.05) is 30.3 Å². The van der Waals surface area contributed by atoms with Crippen molar-refractivity contribution in [3.8, 4) is 5.75 Å². The smallest absolute Gasteiger partial charge is 0.254 e. The quantitative estimate of drug-likeness (QED) is 0.937. The van der Waals surface area contributed by atoms with Gasteiger partial charge in [0, 0.05) is 30.1 Å². The van der Waals surface area contributed by atoms with E-state index < -0.39 is 0 Å². The van der Waals surface area contributed by atoms with Gasteiger partial charge in [-0.3, -0.25) is 4.79 Å². The van der Waals surface area contributed by atoms with Crippen molar-refractivity contribution >= 4 is 5.91 Å². The lowest BCUT2D eigenvalue weighted by atomic mass is 9.87. The summed E-state index contributed by atoms with van der Waals surface area (Å²) in [5, 5.41) is 3.67. The lowest BCUT2D eigenvalue weighted by molar-refractivity contribution is 0.0705. The summed E-state index contributed by atoms with van der Waals surface area (Å²) in [7, 11) is 1.70. The predicted octanol–water partition coefficient (Wildman–Crippen LogP) is 3.06. The molecule has 0 aromatic heterocycles. The second kappa shape index (κ2) is 6.89. The van der Waals surface area contributed by atoms with Crippen LogP contribution in [0.1, 0.15) is 34.7 Å². The second-order valence-electron chi connectivity index (χ2n) is 6.90. The molecule has 1 amide bonds. The van der Waals surface area contributed by atoms with Crippen LogP contribution in [0.5, 0.6) is 5.75 Å². The lowest BCUT2D eigenvalue weighted by Crippen LogP contribution is -2.49. The zero-order chi connectivity index (χ0) is 17.2. The molecule has 4 nitrogen and oxygen atoms in total. The second-order valence-corrected chi connectivity index (χ2v) is 6.90. The third-order valence-corrected chi connectivity index (χ3v) is 5.50. The Morgan fingerprint density at radius 3 is 2.80 bits per heavy atom. The standard InChI is InChI=1S/C21H24N2O2/c1-25-17-10-5-9-16(13-17)18-14-23(19-11-6-12-22-20(18)19)21(24)15-7-3-2-4-8-15/h2-5,7-10,13,18-20,22H,6,11-12,14H2,1H3/t18-,19-,20-/m1/s1.